The Bertz CT molecular complexity index is 877. The predicted molar refractivity (Wildman–Crippen MR) is 97.2 cm³/mol. The molecule has 1 aliphatic rings. The molecule has 1 amide bonds. The zero-order valence-electron chi connectivity index (χ0n) is 14.5. The van der Waals surface area contributed by atoms with Gasteiger partial charge in [-0.15, -0.1) is 0 Å². The normalized spacial score (nSPS) is 16.1. The van der Waals surface area contributed by atoms with Crippen molar-refractivity contribution in [3.63, 3.8) is 0 Å². The first kappa shape index (κ1) is 18.3. The van der Waals surface area contributed by atoms with Crippen LogP contribution < -0.4 is 14.8 Å². The van der Waals surface area contributed by atoms with Crippen LogP contribution in [0.15, 0.2) is 53.4 Å². The van der Waals surface area contributed by atoms with E-state index in [1.165, 1.54) is 0 Å². The van der Waals surface area contributed by atoms with Crippen LogP contribution in [0.25, 0.3) is 0 Å². The lowest BCUT2D eigenvalue weighted by Crippen LogP contribution is -2.41. The van der Waals surface area contributed by atoms with Gasteiger partial charge in [0.05, 0.1) is 17.2 Å². The number of carbonyl (C=O) groups excluding carboxylic acids is 1. The standard InChI is InChI=1S/C19H21NO5S/c1-14-6-8-16(9-7-14)26(22,23)11-10-19(21)20-12-15-13-24-17-4-2-3-5-18(17)25-15/h2-9,15H,10-13H2,1H3,(H,20,21). The van der Waals surface area contributed by atoms with Gasteiger partial charge in [0.1, 0.15) is 12.7 Å². The van der Waals surface area contributed by atoms with Crippen LogP contribution in [0.3, 0.4) is 0 Å². The monoisotopic (exact) mass is 375 g/mol. The van der Waals surface area contributed by atoms with Crippen molar-refractivity contribution in [3.05, 3.63) is 54.1 Å². The first-order chi connectivity index (χ1) is 12.4. The minimum Gasteiger partial charge on any atom is -0.486 e. The fourth-order valence-corrected chi connectivity index (χ4v) is 3.81. The Morgan fingerprint density at radius 1 is 1.12 bits per heavy atom. The molecule has 0 bridgehead atoms. The van der Waals surface area contributed by atoms with Crippen molar-refractivity contribution in [2.75, 3.05) is 18.9 Å². The molecule has 0 saturated heterocycles. The molecule has 0 aromatic heterocycles. The predicted octanol–water partition coefficient (Wildman–Crippen LogP) is 2.12. The van der Waals surface area contributed by atoms with E-state index in [1.807, 2.05) is 25.1 Å². The van der Waals surface area contributed by atoms with Crippen molar-refractivity contribution in [1.82, 2.24) is 5.32 Å². The van der Waals surface area contributed by atoms with Gasteiger partial charge in [0.25, 0.3) is 0 Å². The van der Waals surface area contributed by atoms with Crippen LogP contribution in [0.2, 0.25) is 0 Å². The molecule has 1 atom stereocenters. The minimum atomic E-state index is -3.47. The molecular weight excluding hydrogens is 354 g/mol. The lowest BCUT2D eigenvalue weighted by molar-refractivity contribution is -0.121. The highest BCUT2D eigenvalue weighted by atomic mass is 32.2. The average Bonchev–Trinajstić information content (AvgIpc) is 2.65. The Labute approximate surface area is 153 Å². The Morgan fingerprint density at radius 2 is 1.81 bits per heavy atom. The molecule has 7 heteroatoms. The van der Waals surface area contributed by atoms with Crippen LogP contribution in [0.1, 0.15) is 12.0 Å². The molecule has 0 spiro atoms. The van der Waals surface area contributed by atoms with E-state index < -0.39 is 9.84 Å². The number of aryl methyl sites for hydroxylation is 1. The summed E-state index contributed by atoms with van der Waals surface area (Å²) in [6.07, 6.45) is -0.400. The Kier molecular flexibility index (Phi) is 5.46. The maximum Gasteiger partial charge on any atom is 0.221 e. The maximum absolute atomic E-state index is 12.3. The lowest BCUT2D eigenvalue weighted by atomic mass is 10.2. The first-order valence-corrected chi connectivity index (χ1v) is 10.0. The summed E-state index contributed by atoms with van der Waals surface area (Å²) >= 11 is 0. The molecule has 2 aromatic rings. The van der Waals surface area contributed by atoms with Crippen molar-refractivity contribution < 1.29 is 22.7 Å². The van der Waals surface area contributed by atoms with Gasteiger partial charge in [-0.2, -0.15) is 0 Å². The molecule has 3 rings (SSSR count). The Morgan fingerprint density at radius 3 is 2.54 bits per heavy atom. The summed E-state index contributed by atoms with van der Waals surface area (Å²) in [4.78, 5) is 12.2. The molecule has 1 unspecified atom stereocenters. The number of rotatable bonds is 6. The van der Waals surface area contributed by atoms with Gasteiger partial charge in [-0.05, 0) is 31.2 Å². The fourth-order valence-electron chi connectivity index (χ4n) is 2.57. The number of hydrogen-bond acceptors (Lipinski definition) is 5. The largest absolute Gasteiger partial charge is 0.486 e. The van der Waals surface area contributed by atoms with Crippen LogP contribution in [-0.2, 0) is 14.6 Å². The summed E-state index contributed by atoms with van der Waals surface area (Å²) in [6, 6.07) is 13.9. The van der Waals surface area contributed by atoms with Gasteiger partial charge in [0.2, 0.25) is 5.91 Å². The fraction of sp³-hybridized carbons (Fsp3) is 0.316. The van der Waals surface area contributed by atoms with E-state index in [4.69, 9.17) is 9.47 Å². The number of fused-ring (bicyclic) bond motifs is 1. The molecule has 1 N–H and O–H groups in total. The second kappa shape index (κ2) is 7.78. The van der Waals surface area contributed by atoms with E-state index in [1.54, 1.807) is 30.3 Å². The SMILES string of the molecule is Cc1ccc(S(=O)(=O)CCC(=O)NCC2COc3ccccc3O2)cc1. The van der Waals surface area contributed by atoms with Gasteiger partial charge in [-0.25, -0.2) is 8.42 Å². The van der Waals surface area contributed by atoms with Gasteiger partial charge in [-0.1, -0.05) is 29.8 Å². The van der Waals surface area contributed by atoms with Gasteiger partial charge < -0.3 is 14.8 Å². The summed E-state index contributed by atoms with van der Waals surface area (Å²) < 4.78 is 35.9. The number of carbonyl (C=O) groups is 1. The molecule has 6 nitrogen and oxygen atoms in total. The highest BCUT2D eigenvalue weighted by molar-refractivity contribution is 7.91. The van der Waals surface area contributed by atoms with Gasteiger partial charge >= 0.3 is 0 Å². The minimum absolute atomic E-state index is 0.0969. The average molecular weight is 375 g/mol. The van der Waals surface area contributed by atoms with Crippen molar-refractivity contribution >= 4 is 15.7 Å². The van der Waals surface area contributed by atoms with Gasteiger partial charge in [0.15, 0.2) is 21.3 Å². The summed E-state index contributed by atoms with van der Waals surface area (Å²) in [5.41, 5.74) is 0.984. The second-order valence-electron chi connectivity index (χ2n) is 6.18. The molecule has 0 aliphatic carbocycles. The number of hydrogen-bond donors (Lipinski definition) is 1. The topological polar surface area (TPSA) is 81.7 Å². The van der Waals surface area contributed by atoms with E-state index in [0.29, 0.717) is 18.1 Å². The summed E-state index contributed by atoms with van der Waals surface area (Å²) in [5.74, 6) is 0.759. The van der Waals surface area contributed by atoms with Gasteiger partial charge in [0, 0.05) is 6.42 Å². The second-order valence-corrected chi connectivity index (χ2v) is 8.29. The summed E-state index contributed by atoms with van der Waals surface area (Å²) in [5, 5.41) is 2.71. The van der Waals surface area contributed by atoms with Crippen molar-refractivity contribution in [2.45, 2.75) is 24.3 Å². The van der Waals surface area contributed by atoms with E-state index in [-0.39, 0.29) is 35.6 Å². The van der Waals surface area contributed by atoms with Crippen molar-refractivity contribution in [3.8, 4) is 11.5 Å². The number of sulfone groups is 1. The number of ether oxygens (including phenoxy) is 2. The Balaban J connectivity index is 1.47. The summed E-state index contributed by atoms with van der Waals surface area (Å²) in [6.45, 7) is 2.48. The molecule has 0 fully saturated rings. The third-order valence-corrected chi connectivity index (χ3v) is 5.80. The number of nitrogens with one attached hydrogen (secondary N) is 1. The summed E-state index contributed by atoms with van der Waals surface area (Å²) in [7, 11) is -3.47. The van der Waals surface area contributed by atoms with E-state index in [0.717, 1.165) is 5.56 Å². The molecule has 0 radical (unpaired) electrons. The third-order valence-electron chi connectivity index (χ3n) is 4.07. The highest BCUT2D eigenvalue weighted by Gasteiger charge is 2.22. The maximum atomic E-state index is 12.3. The Hall–Kier alpha value is -2.54. The number of benzene rings is 2. The molecule has 0 saturated carbocycles. The van der Waals surface area contributed by atoms with Crippen LogP contribution in [0, 0.1) is 6.92 Å². The molecular formula is C19H21NO5S. The van der Waals surface area contributed by atoms with Crippen LogP contribution in [0.5, 0.6) is 11.5 Å². The van der Waals surface area contributed by atoms with Crippen LogP contribution >= 0.6 is 0 Å². The molecule has 138 valence electrons. The highest BCUT2D eigenvalue weighted by Crippen LogP contribution is 2.30. The van der Waals surface area contributed by atoms with E-state index in [2.05, 4.69) is 5.32 Å². The molecule has 2 aromatic carbocycles. The smallest absolute Gasteiger partial charge is 0.221 e. The van der Waals surface area contributed by atoms with Crippen LogP contribution in [-0.4, -0.2) is 39.3 Å². The molecule has 1 aliphatic heterocycles. The van der Waals surface area contributed by atoms with Crippen molar-refractivity contribution in [2.24, 2.45) is 0 Å². The number of amides is 1. The zero-order chi connectivity index (χ0) is 18.6. The molecule has 1 heterocycles. The zero-order valence-corrected chi connectivity index (χ0v) is 15.3. The molecule has 26 heavy (non-hydrogen) atoms. The third kappa shape index (κ3) is 4.54. The van der Waals surface area contributed by atoms with Gasteiger partial charge in [-0.3, -0.25) is 4.79 Å². The van der Waals surface area contributed by atoms with Crippen molar-refractivity contribution in [1.29, 1.82) is 0 Å². The van der Waals surface area contributed by atoms with E-state index in [9.17, 15) is 13.2 Å². The first-order valence-electron chi connectivity index (χ1n) is 8.39. The van der Waals surface area contributed by atoms with E-state index >= 15 is 0 Å². The quantitative estimate of drug-likeness (QED) is 0.836. The van der Waals surface area contributed by atoms with Crippen LogP contribution in [0.4, 0.5) is 0 Å². The number of para-hydroxylation sites is 2. The lowest BCUT2D eigenvalue weighted by Gasteiger charge is -2.26.